The molecule has 0 heterocycles. The number of ether oxygens (including phenoxy) is 3. The maximum absolute atomic E-state index is 12.7. The zero-order valence-corrected chi connectivity index (χ0v) is 40.1. The van der Waals surface area contributed by atoms with E-state index < -0.39 is 6.10 Å². The minimum atomic E-state index is -0.758. The summed E-state index contributed by atoms with van der Waals surface area (Å²) in [6.45, 7) is 6.61. The van der Waals surface area contributed by atoms with Crippen LogP contribution in [0.25, 0.3) is 0 Å². The first-order valence-corrected chi connectivity index (χ1v) is 26.5. The van der Waals surface area contributed by atoms with Crippen LogP contribution in [0.4, 0.5) is 0 Å². The highest BCUT2D eigenvalue weighted by Crippen LogP contribution is 2.17. The molecule has 0 N–H and O–H groups in total. The van der Waals surface area contributed by atoms with Gasteiger partial charge in [-0.1, -0.05) is 265 Å². The third-order valence-electron chi connectivity index (χ3n) is 12.1. The summed E-state index contributed by atoms with van der Waals surface area (Å²) in [6, 6.07) is 0. The molecule has 0 aromatic carbocycles. The van der Waals surface area contributed by atoms with E-state index in [0.29, 0.717) is 19.3 Å². The van der Waals surface area contributed by atoms with Crippen molar-refractivity contribution in [1.82, 2.24) is 0 Å². The monoisotopic (exact) mass is 835 g/mol. The van der Waals surface area contributed by atoms with Gasteiger partial charge in [0.15, 0.2) is 6.10 Å². The van der Waals surface area contributed by atoms with Crippen molar-refractivity contribution in [2.45, 2.75) is 309 Å². The number of rotatable bonds is 49. The lowest BCUT2D eigenvalue weighted by Crippen LogP contribution is -2.30. The van der Waals surface area contributed by atoms with Gasteiger partial charge in [-0.25, -0.2) is 0 Å². The molecule has 350 valence electrons. The molecule has 0 aromatic heterocycles. The highest BCUT2D eigenvalue weighted by Gasteiger charge is 2.19. The molecule has 0 amide bonds. The van der Waals surface area contributed by atoms with Crippen LogP contribution >= 0.6 is 0 Å². The van der Waals surface area contributed by atoms with Gasteiger partial charge < -0.3 is 14.2 Å². The predicted octanol–water partition coefficient (Wildman–Crippen LogP) is 17.2. The number of carbonyl (C=O) groups is 3. The number of hydrogen-bond donors (Lipinski definition) is 0. The van der Waals surface area contributed by atoms with Gasteiger partial charge in [-0.05, 0) is 19.3 Å². The number of esters is 3. The second kappa shape index (κ2) is 49.1. The summed E-state index contributed by atoms with van der Waals surface area (Å²) in [5.74, 6) is -0.856. The molecule has 0 radical (unpaired) electrons. The Bertz CT molecular complexity index is 874. The lowest BCUT2D eigenvalue weighted by Gasteiger charge is -2.18. The first kappa shape index (κ1) is 57.4. The average Bonchev–Trinajstić information content (AvgIpc) is 3.23. The van der Waals surface area contributed by atoms with E-state index in [1.165, 1.54) is 199 Å². The maximum Gasteiger partial charge on any atom is 0.306 e. The fourth-order valence-electron chi connectivity index (χ4n) is 8.09. The Hall–Kier alpha value is -1.59. The second-order valence-corrected chi connectivity index (χ2v) is 18.2. The van der Waals surface area contributed by atoms with Crippen LogP contribution in [0.2, 0.25) is 0 Å². The molecular formula is C53H102O6. The molecule has 6 nitrogen and oxygen atoms in total. The maximum atomic E-state index is 12.7. The summed E-state index contributed by atoms with van der Waals surface area (Å²) in [7, 11) is 0. The van der Waals surface area contributed by atoms with E-state index in [2.05, 4.69) is 20.8 Å². The van der Waals surface area contributed by atoms with Crippen molar-refractivity contribution in [3.05, 3.63) is 0 Å². The van der Waals surface area contributed by atoms with Gasteiger partial charge in [0.05, 0.1) is 0 Å². The normalized spacial score (nSPS) is 11.8. The van der Waals surface area contributed by atoms with Gasteiger partial charge in [0.2, 0.25) is 0 Å². The van der Waals surface area contributed by atoms with Gasteiger partial charge in [-0.15, -0.1) is 0 Å². The van der Waals surface area contributed by atoms with Crippen molar-refractivity contribution >= 4 is 17.9 Å². The Balaban J connectivity index is 4.08. The van der Waals surface area contributed by atoms with Crippen LogP contribution in [0.3, 0.4) is 0 Å². The number of carbonyl (C=O) groups excluding carboxylic acids is 3. The molecular weight excluding hydrogens is 733 g/mol. The summed E-state index contributed by atoms with van der Waals surface area (Å²) in [5, 5.41) is 0. The van der Waals surface area contributed by atoms with Gasteiger partial charge >= 0.3 is 17.9 Å². The van der Waals surface area contributed by atoms with Crippen molar-refractivity contribution in [3.63, 3.8) is 0 Å². The van der Waals surface area contributed by atoms with E-state index in [4.69, 9.17) is 14.2 Å². The molecule has 0 aliphatic heterocycles. The Labute approximate surface area is 368 Å². The van der Waals surface area contributed by atoms with Crippen molar-refractivity contribution in [2.75, 3.05) is 13.2 Å². The zero-order valence-electron chi connectivity index (χ0n) is 40.1. The fraction of sp³-hybridized carbons (Fsp3) is 0.943. The standard InChI is InChI=1S/C53H102O6/c1-4-7-10-13-15-17-19-21-23-25-26-28-30-32-34-36-38-41-44-47-53(56)59-50(48-57-51(54)45-42-39-12-9-6-3)49-58-52(55)46-43-40-37-35-33-31-29-27-24-22-20-18-16-14-11-8-5-2/h50H,4-49H2,1-3H3/t50-/m1/s1. The molecule has 6 heteroatoms. The molecule has 0 rings (SSSR count). The minimum Gasteiger partial charge on any atom is -0.462 e. The third-order valence-corrected chi connectivity index (χ3v) is 12.1. The first-order valence-electron chi connectivity index (χ1n) is 26.5. The zero-order chi connectivity index (χ0) is 43.0. The predicted molar refractivity (Wildman–Crippen MR) is 252 cm³/mol. The van der Waals surface area contributed by atoms with Crippen LogP contribution in [0.15, 0.2) is 0 Å². The van der Waals surface area contributed by atoms with Crippen LogP contribution in [0.1, 0.15) is 303 Å². The molecule has 0 unspecified atom stereocenters. The molecule has 59 heavy (non-hydrogen) atoms. The third kappa shape index (κ3) is 47.3. The van der Waals surface area contributed by atoms with Crippen molar-refractivity contribution in [1.29, 1.82) is 0 Å². The Kier molecular flexibility index (Phi) is 47.7. The summed E-state index contributed by atoms with van der Waals surface area (Å²) in [6.07, 6.45) is 52.7. The fourth-order valence-corrected chi connectivity index (χ4v) is 8.09. The molecule has 0 bridgehead atoms. The summed E-state index contributed by atoms with van der Waals surface area (Å²) in [4.78, 5) is 37.7. The molecule has 0 saturated heterocycles. The van der Waals surface area contributed by atoms with Crippen molar-refractivity contribution < 1.29 is 28.6 Å². The molecule has 0 saturated carbocycles. The van der Waals surface area contributed by atoms with E-state index >= 15 is 0 Å². The van der Waals surface area contributed by atoms with E-state index in [-0.39, 0.29) is 31.1 Å². The lowest BCUT2D eigenvalue weighted by molar-refractivity contribution is -0.167. The van der Waals surface area contributed by atoms with E-state index in [1.54, 1.807) is 0 Å². The molecule has 0 fully saturated rings. The van der Waals surface area contributed by atoms with Crippen LogP contribution in [-0.4, -0.2) is 37.2 Å². The van der Waals surface area contributed by atoms with Crippen LogP contribution in [0, 0.1) is 0 Å². The second-order valence-electron chi connectivity index (χ2n) is 18.2. The average molecular weight is 835 g/mol. The molecule has 0 aromatic rings. The van der Waals surface area contributed by atoms with E-state index in [9.17, 15) is 14.4 Å². The van der Waals surface area contributed by atoms with Crippen LogP contribution < -0.4 is 0 Å². The highest BCUT2D eigenvalue weighted by atomic mass is 16.6. The van der Waals surface area contributed by atoms with Gasteiger partial charge in [-0.3, -0.25) is 14.4 Å². The topological polar surface area (TPSA) is 78.9 Å². The minimum absolute atomic E-state index is 0.0630. The van der Waals surface area contributed by atoms with Crippen molar-refractivity contribution in [2.24, 2.45) is 0 Å². The van der Waals surface area contributed by atoms with Gasteiger partial charge in [0, 0.05) is 19.3 Å². The highest BCUT2D eigenvalue weighted by molar-refractivity contribution is 5.71. The molecule has 1 atom stereocenters. The Morgan fingerprint density at radius 2 is 0.458 bits per heavy atom. The largest absolute Gasteiger partial charge is 0.462 e. The molecule has 0 aliphatic rings. The van der Waals surface area contributed by atoms with Crippen molar-refractivity contribution in [3.8, 4) is 0 Å². The smallest absolute Gasteiger partial charge is 0.306 e. The van der Waals surface area contributed by atoms with Crippen LogP contribution in [-0.2, 0) is 28.6 Å². The van der Waals surface area contributed by atoms with Gasteiger partial charge in [0.1, 0.15) is 13.2 Å². The number of unbranched alkanes of at least 4 members (excludes halogenated alkanes) is 38. The Morgan fingerprint density at radius 1 is 0.271 bits per heavy atom. The SMILES string of the molecule is CCCCCCCCCCCCCCCCCCCCCC(=O)O[C@H](COC(=O)CCCCCCC)COC(=O)CCCCCCCCCCCCCCCCCCC. The summed E-state index contributed by atoms with van der Waals surface area (Å²) >= 11 is 0. The lowest BCUT2D eigenvalue weighted by atomic mass is 10.0. The molecule has 0 spiro atoms. The molecule has 0 aliphatic carbocycles. The first-order chi connectivity index (χ1) is 29.0. The summed E-state index contributed by atoms with van der Waals surface area (Å²) < 4.78 is 16.7. The number of hydrogen-bond acceptors (Lipinski definition) is 6. The Morgan fingerprint density at radius 3 is 0.678 bits per heavy atom. The van der Waals surface area contributed by atoms with E-state index in [1.807, 2.05) is 0 Å². The van der Waals surface area contributed by atoms with Crippen LogP contribution in [0.5, 0.6) is 0 Å². The quantitative estimate of drug-likeness (QED) is 0.0345. The van der Waals surface area contributed by atoms with E-state index in [0.717, 1.165) is 64.2 Å². The van der Waals surface area contributed by atoms with Gasteiger partial charge in [-0.2, -0.15) is 0 Å². The van der Waals surface area contributed by atoms with Gasteiger partial charge in [0.25, 0.3) is 0 Å². The summed E-state index contributed by atoms with van der Waals surface area (Å²) in [5.41, 5.74) is 0.